The van der Waals surface area contributed by atoms with Crippen LogP contribution in [0.1, 0.15) is 16.1 Å². The summed E-state index contributed by atoms with van der Waals surface area (Å²) in [4.78, 5) is 25.1. The number of carbonyl (C=O) groups is 1. The molecule has 0 saturated heterocycles. The van der Waals surface area contributed by atoms with Gasteiger partial charge in [0.25, 0.3) is 0 Å². The molecule has 0 aliphatic carbocycles. The Labute approximate surface area is 175 Å². The quantitative estimate of drug-likeness (QED) is 0.439. The Morgan fingerprint density at radius 1 is 1.10 bits per heavy atom. The molecule has 0 saturated carbocycles. The Hall–Kier alpha value is -4.33. The topological polar surface area (TPSA) is 90.1 Å². The van der Waals surface area contributed by atoms with E-state index >= 15 is 0 Å². The molecule has 3 heterocycles. The lowest BCUT2D eigenvalue weighted by atomic mass is 10.1. The zero-order valence-corrected chi connectivity index (χ0v) is 16.3. The lowest BCUT2D eigenvalue weighted by molar-refractivity contribution is 0.102. The molecule has 0 amide bonds. The number of carbonyl (C=O) groups excluding carboxylic acids is 1. The van der Waals surface area contributed by atoms with Crippen LogP contribution in [0.3, 0.4) is 0 Å². The zero-order chi connectivity index (χ0) is 21.5. The van der Waals surface area contributed by atoms with Gasteiger partial charge in [-0.3, -0.25) is 9.78 Å². The highest BCUT2D eigenvalue weighted by Crippen LogP contribution is 2.29. The van der Waals surface area contributed by atoms with Crippen LogP contribution in [0, 0.1) is 5.82 Å². The third-order valence-corrected chi connectivity index (χ3v) is 5.03. The molecule has 3 aromatic heterocycles. The molecule has 2 aromatic carbocycles. The molecule has 152 valence electrons. The van der Waals surface area contributed by atoms with E-state index in [1.165, 1.54) is 24.5 Å². The van der Waals surface area contributed by atoms with Crippen LogP contribution in [-0.4, -0.2) is 30.4 Å². The second-order valence-corrected chi connectivity index (χ2v) is 6.94. The van der Waals surface area contributed by atoms with E-state index in [0.29, 0.717) is 22.3 Å². The number of hydrogen-bond donors (Lipinski definition) is 1. The summed E-state index contributed by atoms with van der Waals surface area (Å²) in [5, 5.41) is 11.3. The largest absolute Gasteiger partial charge is 0.493 e. The Morgan fingerprint density at radius 2 is 1.94 bits per heavy atom. The molecule has 5 aromatic rings. The molecule has 0 aliphatic rings. The number of fused-ring (bicyclic) bond motifs is 2. The fourth-order valence-corrected chi connectivity index (χ4v) is 3.49. The van der Waals surface area contributed by atoms with E-state index < -0.39 is 11.6 Å². The van der Waals surface area contributed by atoms with Gasteiger partial charge >= 0.3 is 6.01 Å². The summed E-state index contributed by atoms with van der Waals surface area (Å²) in [7, 11) is 1.74. The maximum atomic E-state index is 14.1. The van der Waals surface area contributed by atoms with E-state index in [-0.39, 0.29) is 17.5 Å². The Bertz CT molecular complexity index is 1480. The highest BCUT2D eigenvalue weighted by atomic mass is 19.1. The third kappa shape index (κ3) is 3.24. The van der Waals surface area contributed by atoms with Crippen molar-refractivity contribution >= 4 is 27.6 Å². The van der Waals surface area contributed by atoms with Crippen molar-refractivity contribution in [3.8, 4) is 17.6 Å². The van der Waals surface area contributed by atoms with Crippen molar-refractivity contribution in [1.29, 1.82) is 0 Å². The van der Waals surface area contributed by atoms with Crippen LogP contribution in [0.2, 0.25) is 0 Å². The summed E-state index contributed by atoms with van der Waals surface area (Å²) in [5.41, 5.74) is 1.59. The highest BCUT2D eigenvalue weighted by molar-refractivity contribution is 6.10. The molecular weight excluding hydrogens is 399 g/mol. The Kier molecular flexibility index (Phi) is 4.32. The number of nitrogens with zero attached hydrogens (tertiary/aromatic N) is 4. The van der Waals surface area contributed by atoms with E-state index in [1.54, 1.807) is 54.1 Å². The average molecular weight is 414 g/mol. The summed E-state index contributed by atoms with van der Waals surface area (Å²) in [5.74, 6) is -0.759. The van der Waals surface area contributed by atoms with Crippen molar-refractivity contribution in [3.05, 3.63) is 84.1 Å². The lowest BCUT2D eigenvalue weighted by Gasteiger charge is -2.07. The number of hydrogen-bond acceptors (Lipinski definition) is 6. The molecule has 1 N–H and O–H groups in total. The molecule has 0 atom stereocenters. The van der Waals surface area contributed by atoms with Gasteiger partial charge in [-0.1, -0.05) is 12.1 Å². The Balaban J connectivity index is 1.51. The molecule has 0 aliphatic heterocycles. The first-order valence-corrected chi connectivity index (χ1v) is 9.38. The lowest BCUT2D eigenvalue weighted by Crippen LogP contribution is -2.08. The summed E-state index contributed by atoms with van der Waals surface area (Å²) in [6, 6.07) is 14.4. The first-order valence-electron chi connectivity index (χ1n) is 9.38. The molecule has 8 heteroatoms. The number of rotatable bonds is 4. The van der Waals surface area contributed by atoms with Crippen LogP contribution in [0.25, 0.3) is 21.8 Å². The predicted molar refractivity (Wildman–Crippen MR) is 112 cm³/mol. The molecule has 0 radical (unpaired) electrons. The summed E-state index contributed by atoms with van der Waals surface area (Å²) in [6.45, 7) is 0. The van der Waals surface area contributed by atoms with Gasteiger partial charge < -0.3 is 14.4 Å². The van der Waals surface area contributed by atoms with Gasteiger partial charge in [0.1, 0.15) is 11.6 Å². The van der Waals surface area contributed by atoms with Gasteiger partial charge in [0.2, 0.25) is 11.7 Å². The number of ketones is 1. The second-order valence-electron chi connectivity index (χ2n) is 6.94. The van der Waals surface area contributed by atoms with Crippen LogP contribution in [0.4, 0.5) is 4.39 Å². The molecule has 5 rings (SSSR count). The van der Waals surface area contributed by atoms with E-state index in [0.717, 1.165) is 10.9 Å². The molecule has 31 heavy (non-hydrogen) atoms. The number of pyridine rings is 1. The predicted octanol–water partition coefficient (Wildman–Crippen LogP) is 4.38. The van der Waals surface area contributed by atoms with Crippen molar-refractivity contribution < 1.29 is 19.0 Å². The number of benzene rings is 2. The number of ether oxygens (including phenoxy) is 1. The van der Waals surface area contributed by atoms with Gasteiger partial charge in [0.15, 0.2) is 0 Å². The molecular formula is C23H15FN4O3. The fraction of sp³-hybridized carbons (Fsp3) is 0.0435. The molecule has 0 unspecified atom stereocenters. The minimum atomic E-state index is -0.565. The van der Waals surface area contributed by atoms with E-state index in [9.17, 15) is 14.3 Å². The number of aromatic hydroxyl groups is 1. The normalized spacial score (nSPS) is 11.2. The summed E-state index contributed by atoms with van der Waals surface area (Å²) < 4.78 is 21.5. The number of halogens is 1. The van der Waals surface area contributed by atoms with Crippen LogP contribution < -0.4 is 4.74 Å². The van der Waals surface area contributed by atoms with E-state index in [2.05, 4.69) is 15.0 Å². The monoisotopic (exact) mass is 414 g/mol. The van der Waals surface area contributed by atoms with Gasteiger partial charge in [-0.25, -0.2) is 4.39 Å². The fourth-order valence-electron chi connectivity index (χ4n) is 3.49. The summed E-state index contributed by atoms with van der Waals surface area (Å²) in [6.07, 6.45) is 3.04. The van der Waals surface area contributed by atoms with Crippen molar-refractivity contribution in [2.75, 3.05) is 0 Å². The molecule has 0 spiro atoms. The standard InChI is InChI=1S/C23H15FN4O3/c1-28-19-7-6-14(31-23-26-18-12-25-9-8-16(18)22(30)27-23)10-13(19)11-20(28)21(29)15-4-2-3-5-17(15)24/h2-12H,1H3,(H,26,27,30). The van der Waals surface area contributed by atoms with E-state index in [4.69, 9.17) is 4.74 Å². The van der Waals surface area contributed by atoms with Crippen LogP contribution in [0.5, 0.6) is 17.6 Å². The minimum absolute atomic E-state index is 0.0125. The average Bonchev–Trinajstić information content (AvgIpc) is 3.09. The van der Waals surface area contributed by atoms with Crippen molar-refractivity contribution in [3.63, 3.8) is 0 Å². The van der Waals surface area contributed by atoms with Crippen LogP contribution in [-0.2, 0) is 7.05 Å². The van der Waals surface area contributed by atoms with Crippen molar-refractivity contribution in [1.82, 2.24) is 19.5 Å². The highest BCUT2D eigenvalue weighted by Gasteiger charge is 2.19. The first-order chi connectivity index (χ1) is 15.0. The smallest absolute Gasteiger partial charge is 0.325 e. The SMILES string of the molecule is Cn1c(C(=O)c2ccccc2F)cc2cc(Oc3nc(O)c4ccncc4n3)ccc21. The first kappa shape index (κ1) is 18.7. The maximum Gasteiger partial charge on any atom is 0.325 e. The second kappa shape index (κ2) is 7.17. The van der Waals surface area contributed by atoms with Gasteiger partial charge in [0.05, 0.1) is 28.4 Å². The van der Waals surface area contributed by atoms with Gasteiger partial charge in [-0.2, -0.15) is 9.97 Å². The van der Waals surface area contributed by atoms with Gasteiger partial charge in [0, 0.05) is 24.1 Å². The summed E-state index contributed by atoms with van der Waals surface area (Å²) >= 11 is 0. The zero-order valence-electron chi connectivity index (χ0n) is 16.3. The number of aromatic nitrogens is 4. The molecule has 7 nitrogen and oxygen atoms in total. The molecule has 0 fully saturated rings. The van der Waals surface area contributed by atoms with Gasteiger partial charge in [-0.05, 0) is 42.5 Å². The van der Waals surface area contributed by atoms with E-state index in [1.807, 2.05) is 0 Å². The molecule has 0 bridgehead atoms. The van der Waals surface area contributed by atoms with Gasteiger partial charge in [-0.15, -0.1) is 0 Å². The minimum Gasteiger partial charge on any atom is -0.493 e. The number of aryl methyl sites for hydroxylation is 1. The van der Waals surface area contributed by atoms with Crippen molar-refractivity contribution in [2.45, 2.75) is 0 Å². The maximum absolute atomic E-state index is 14.1. The Morgan fingerprint density at radius 3 is 2.77 bits per heavy atom. The third-order valence-electron chi connectivity index (χ3n) is 5.03. The van der Waals surface area contributed by atoms with Crippen molar-refractivity contribution in [2.24, 2.45) is 7.05 Å². The van der Waals surface area contributed by atoms with Crippen LogP contribution in [0.15, 0.2) is 67.0 Å². The van der Waals surface area contributed by atoms with Crippen LogP contribution >= 0.6 is 0 Å².